The van der Waals surface area contributed by atoms with Gasteiger partial charge in [0.05, 0.1) is 18.9 Å². The van der Waals surface area contributed by atoms with Crippen molar-refractivity contribution < 1.29 is 23.8 Å². The highest BCUT2D eigenvalue weighted by Gasteiger charge is 2.12. The summed E-state index contributed by atoms with van der Waals surface area (Å²) in [5.74, 6) is 0.436. The van der Waals surface area contributed by atoms with Crippen LogP contribution in [-0.4, -0.2) is 31.8 Å². The van der Waals surface area contributed by atoms with Gasteiger partial charge in [-0.05, 0) is 66.9 Å². The SMILES string of the molecule is COc1cc(/C=N/NC(=O)COc2cc(C)ccc2C)ccc1OC(=O)c1ccccc1. The van der Waals surface area contributed by atoms with Crippen LogP contribution in [0.2, 0.25) is 0 Å². The molecule has 3 aromatic carbocycles. The molecule has 0 unspecified atom stereocenters. The van der Waals surface area contributed by atoms with Crippen LogP contribution in [0, 0.1) is 13.8 Å². The molecule has 0 atom stereocenters. The van der Waals surface area contributed by atoms with Crippen molar-refractivity contribution in [1.29, 1.82) is 0 Å². The van der Waals surface area contributed by atoms with Gasteiger partial charge < -0.3 is 14.2 Å². The second-order valence-corrected chi connectivity index (χ2v) is 7.02. The Bertz CT molecular complexity index is 1130. The minimum absolute atomic E-state index is 0.153. The Hall–Kier alpha value is -4.13. The van der Waals surface area contributed by atoms with Gasteiger partial charge in [-0.2, -0.15) is 5.10 Å². The van der Waals surface area contributed by atoms with Crippen LogP contribution in [0.3, 0.4) is 0 Å². The number of aryl methyl sites for hydroxylation is 2. The molecule has 1 amide bonds. The van der Waals surface area contributed by atoms with Crippen molar-refractivity contribution in [2.24, 2.45) is 5.10 Å². The molecule has 0 spiro atoms. The second-order valence-electron chi connectivity index (χ2n) is 7.02. The molecule has 0 radical (unpaired) electrons. The van der Waals surface area contributed by atoms with Crippen molar-refractivity contribution in [3.8, 4) is 17.2 Å². The number of esters is 1. The van der Waals surface area contributed by atoms with E-state index in [4.69, 9.17) is 14.2 Å². The highest BCUT2D eigenvalue weighted by atomic mass is 16.6. The zero-order valence-corrected chi connectivity index (χ0v) is 18.1. The molecule has 1 N–H and O–H groups in total. The van der Waals surface area contributed by atoms with Gasteiger partial charge in [-0.25, -0.2) is 10.2 Å². The van der Waals surface area contributed by atoms with Crippen LogP contribution in [0.15, 0.2) is 71.8 Å². The summed E-state index contributed by atoms with van der Waals surface area (Å²) in [5, 5.41) is 3.94. The lowest BCUT2D eigenvalue weighted by Gasteiger charge is -2.10. The lowest BCUT2D eigenvalue weighted by Crippen LogP contribution is -2.24. The molecule has 7 nitrogen and oxygen atoms in total. The van der Waals surface area contributed by atoms with E-state index >= 15 is 0 Å². The number of nitrogens with one attached hydrogen (secondary N) is 1. The van der Waals surface area contributed by atoms with Crippen molar-refractivity contribution in [2.45, 2.75) is 13.8 Å². The number of benzene rings is 3. The summed E-state index contributed by atoms with van der Waals surface area (Å²) in [6.07, 6.45) is 1.46. The second kappa shape index (κ2) is 10.8. The molecule has 7 heteroatoms. The first kappa shape index (κ1) is 22.6. The van der Waals surface area contributed by atoms with Crippen LogP contribution in [0.25, 0.3) is 0 Å². The number of hydrogen-bond acceptors (Lipinski definition) is 6. The van der Waals surface area contributed by atoms with Gasteiger partial charge >= 0.3 is 5.97 Å². The van der Waals surface area contributed by atoms with E-state index < -0.39 is 5.97 Å². The molecule has 0 aliphatic heterocycles. The smallest absolute Gasteiger partial charge is 0.343 e. The fraction of sp³-hybridized carbons (Fsp3) is 0.160. The summed E-state index contributed by atoms with van der Waals surface area (Å²) in [5.41, 5.74) is 5.51. The molecule has 0 saturated carbocycles. The summed E-state index contributed by atoms with van der Waals surface area (Å²) >= 11 is 0. The average Bonchev–Trinajstić information content (AvgIpc) is 2.81. The number of hydrazone groups is 1. The highest BCUT2D eigenvalue weighted by Crippen LogP contribution is 2.28. The first-order chi connectivity index (χ1) is 15.5. The van der Waals surface area contributed by atoms with E-state index in [1.165, 1.54) is 13.3 Å². The summed E-state index contributed by atoms with van der Waals surface area (Å²) in [7, 11) is 1.47. The number of methoxy groups -OCH3 is 1. The van der Waals surface area contributed by atoms with E-state index in [0.29, 0.717) is 22.6 Å². The van der Waals surface area contributed by atoms with Gasteiger partial charge in [-0.15, -0.1) is 0 Å². The molecule has 0 aliphatic carbocycles. The lowest BCUT2D eigenvalue weighted by atomic mass is 10.1. The maximum Gasteiger partial charge on any atom is 0.343 e. The Morgan fingerprint density at radius 3 is 2.47 bits per heavy atom. The number of hydrogen-bond donors (Lipinski definition) is 1. The molecular formula is C25H24N2O5. The van der Waals surface area contributed by atoms with Gasteiger partial charge in [0.25, 0.3) is 5.91 Å². The Kier molecular flexibility index (Phi) is 7.59. The van der Waals surface area contributed by atoms with E-state index in [9.17, 15) is 9.59 Å². The Labute approximate surface area is 186 Å². The molecule has 0 saturated heterocycles. The molecule has 0 aromatic heterocycles. The van der Waals surface area contributed by atoms with Crippen LogP contribution in [0.5, 0.6) is 17.2 Å². The Morgan fingerprint density at radius 2 is 1.72 bits per heavy atom. The average molecular weight is 432 g/mol. The monoisotopic (exact) mass is 432 g/mol. The van der Waals surface area contributed by atoms with Crippen LogP contribution in [0.4, 0.5) is 0 Å². The van der Waals surface area contributed by atoms with Crippen LogP contribution in [-0.2, 0) is 4.79 Å². The van der Waals surface area contributed by atoms with Crippen molar-refractivity contribution in [2.75, 3.05) is 13.7 Å². The third-order valence-corrected chi connectivity index (χ3v) is 4.51. The molecular weight excluding hydrogens is 408 g/mol. The molecule has 0 fully saturated rings. The van der Waals surface area contributed by atoms with Crippen molar-refractivity contribution in [3.63, 3.8) is 0 Å². The van der Waals surface area contributed by atoms with Gasteiger partial charge in [-0.1, -0.05) is 30.3 Å². The van der Waals surface area contributed by atoms with Crippen molar-refractivity contribution in [1.82, 2.24) is 5.43 Å². The van der Waals surface area contributed by atoms with Gasteiger partial charge in [0.2, 0.25) is 0 Å². The molecule has 0 aliphatic rings. The Morgan fingerprint density at radius 1 is 0.938 bits per heavy atom. The summed E-state index contributed by atoms with van der Waals surface area (Å²) in [6, 6.07) is 19.4. The van der Waals surface area contributed by atoms with E-state index in [1.807, 2.05) is 38.1 Å². The van der Waals surface area contributed by atoms with Gasteiger partial charge in [-0.3, -0.25) is 4.79 Å². The molecule has 3 aromatic rings. The molecule has 0 heterocycles. The number of amides is 1. The number of nitrogens with zero attached hydrogens (tertiary/aromatic N) is 1. The van der Waals surface area contributed by atoms with Crippen LogP contribution in [0.1, 0.15) is 27.0 Å². The molecule has 32 heavy (non-hydrogen) atoms. The fourth-order valence-corrected chi connectivity index (χ4v) is 2.80. The predicted octanol–water partition coefficient (Wildman–Crippen LogP) is 4.06. The molecule has 3 rings (SSSR count). The summed E-state index contributed by atoms with van der Waals surface area (Å²) in [4.78, 5) is 24.3. The minimum atomic E-state index is -0.485. The molecule has 164 valence electrons. The minimum Gasteiger partial charge on any atom is -0.493 e. The topological polar surface area (TPSA) is 86.2 Å². The van der Waals surface area contributed by atoms with Crippen molar-refractivity contribution in [3.05, 3.63) is 89.0 Å². The number of rotatable bonds is 8. The van der Waals surface area contributed by atoms with E-state index in [0.717, 1.165) is 11.1 Å². The van der Waals surface area contributed by atoms with Gasteiger partial charge in [0, 0.05) is 0 Å². The highest BCUT2D eigenvalue weighted by molar-refractivity contribution is 5.91. The third kappa shape index (κ3) is 6.18. The van der Waals surface area contributed by atoms with E-state index in [2.05, 4.69) is 10.5 Å². The third-order valence-electron chi connectivity index (χ3n) is 4.51. The quantitative estimate of drug-likeness (QED) is 0.251. The number of carbonyl (C=O) groups is 2. The van der Waals surface area contributed by atoms with Crippen LogP contribution >= 0.6 is 0 Å². The van der Waals surface area contributed by atoms with E-state index in [1.54, 1.807) is 42.5 Å². The predicted molar refractivity (Wildman–Crippen MR) is 122 cm³/mol. The maximum atomic E-state index is 12.3. The summed E-state index contributed by atoms with van der Waals surface area (Å²) < 4.78 is 16.3. The van der Waals surface area contributed by atoms with Crippen LogP contribution < -0.4 is 19.6 Å². The van der Waals surface area contributed by atoms with Crippen molar-refractivity contribution >= 4 is 18.1 Å². The number of ether oxygens (including phenoxy) is 3. The summed E-state index contributed by atoms with van der Waals surface area (Å²) in [6.45, 7) is 3.72. The maximum absolute atomic E-state index is 12.3. The number of carbonyl (C=O) groups excluding carboxylic acids is 2. The lowest BCUT2D eigenvalue weighted by molar-refractivity contribution is -0.123. The fourth-order valence-electron chi connectivity index (χ4n) is 2.80. The first-order valence-electron chi connectivity index (χ1n) is 9.93. The largest absolute Gasteiger partial charge is 0.493 e. The zero-order valence-electron chi connectivity index (χ0n) is 18.1. The normalized spacial score (nSPS) is 10.6. The standard InChI is InChI=1S/C25H24N2O5/c1-17-9-10-18(2)22(13-17)31-16-24(28)27-26-15-19-11-12-21(23(14-19)30-3)32-25(29)20-7-5-4-6-8-20/h4-15H,16H2,1-3H3,(H,27,28)/b26-15+. The first-order valence-corrected chi connectivity index (χ1v) is 9.93. The van der Waals surface area contributed by atoms with Gasteiger partial charge in [0.15, 0.2) is 18.1 Å². The Balaban J connectivity index is 1.56. The van der Waals surface area contributed by atoms with E-state index in [-0.39, 0.29) is 18.3 Å². The van der Waals surface area contributed by atoms with Gasteiger partial charge in [0.1, 0.15) is 5.75 Å². The zero-order chi connectivity index (χ0) is 22.9. The molecule has 0 bridgehead atoms.